The normalized spacial score (nSPS) is 13.9. The first-order valence-corrected chi connectivity index (χ1v) is 8.00. The lowest BCUT2D eigenvalue weighted by atomic mass is 10.2. The van der Waals surface area contributed by atoms with E-state index in [0.29, 0.717) is 18.2 Å². The maximum atomic E-state index is 12.7. The highest BCUT2D eigenvalue weighted by Gasteiger charge is 2.28. The standard InChI is InChI=1S/C17H22N4O2/c1-4-20(11-13-5-6-13)17(22)16-12(2)21(19-18-16)14-7-9-15(23-3)10-8-14/h7-10,13H,4-6,11H2,1-3H3. The Kier molecular flexibility index (Phi) is 4.32. The number of methoxy groups -OCH3 is 1. The second kappa shape index (κ2) is 6.40. The molecule has 0 radical (unpaired) electrons. The summed E-state index contributed by atoms with van der Waals surface area (Å²) in [7, 11) is 1.63. The first-order valence-electron chi connectivity index (χ1n) is 8.00. The molecule has 1 fully saturated rings. The van der Waals surface area contributed by atoms with Crippen molar-refractivity contribution in [2.75, 3.05) is 20.2 Å². The molecular weight excluding hydrogens is 292 g/mol. The molecule has 3 rings (SSSR count). The van der Waals surface area contributed by atoms with E-state index in [-0.39, 0.29) is 5.91 Å². The van der Waals surface area contributed by atoms with Crippen LogP contribution in [0, 0.1) is 12.8 Å². The molecule has 1 heterocycles. The largest absolute Gasteiger partial charge is 0.497 e. The van der Waals surface area contributed by atoms with Gasteiger partial charge >= 0.3 is 0 Å². The lowest BCUT2D eigenvalue weighted by Gasteiger charge is -2.19. The first-order chi connectivity index (χ1) is 11.1. The highest BCUT2D eigenvalue weighted by atomic mass is 16.5. The van der Waals surface area contributed by atoms with E-state index in [1.807, 2.05) is 43.0 Å². The van der Waals surface area contributed by atoms with Gasteiger partial charge < -0.3 is 9.64 Å². The molecule has 2 aromatic rings. The van der Waals surface area contributed by atoms with Crippen LogP contribution in [-0.2, 0) is 0 Å². The molecule has 0 spiro atoms. The monoisotopic (exact) mass is 314 g/mol. The summed E-state index contributed by atoms with van der Waals surface area (Å²) in [5, 5.41) is 8.27. The fourth-order valence-electron chi connectivity index (χ4n) is 2.61. The number of aromatic nitrogens is 3. The van der Waals surface area contributed by atoms with Gasteiger partial charge in [0.05, 0.1) is 18.5 Å². The molecule has 6 heteroatoms. The number of benzene rings is 1. The van der Waals surface area contributed by atoms with E-state index in [9.17, 15) is 4.79 Å². The minimum absolute atomic E-state index is 0.0309. The molecule has 0 atom stereocenters. The van der Waals surface area contributed by atoms with Crippen molar-refractivity contribution in [2.45, 2.75) is 26.7 Å². The summed E-state index contributed by atoms with van der Waals surface area (Å²) in [5.41, 5.74) is 2.05. The Morgan fingerprint density at radius 2 is 2.04 bits per heavy atom. The third-order valence-corrected chi connectivity index (χ3v) is 4.26. The third-order valence-electron chi connectivity index (χ3n) is 4.26. The molecule has 1 amide bonds. The van der Waals surface area contributed by atoms with Crippen LogP contribution >= 0.6 is 0 Å². The Bertz CT molecular complexity index is 689. The van der Waals surface area contributed by atoms with Crippen molar-refractivity contribution in [3.63, 3.8) is 0 Å². The van der Waals surface area contributed by atoms with E-state index in [0.717, 1.165) is 23.7 Å². The van der Waals surface area contributed by atoms with E-state index in [1.54, 1.807) is 11.8 Å². The Morgan fingerprint density at radius 3 is 2.61 bits per heavy atom. The third kappa shape index (κ3) is 3.21. The summed E-state index contributed by atoms with van der Waals surface area (Å²) >= 11 is 0. The highest BCUT2D eigenvalue weighted by Crippen LogP contribution is 2.30. The van der Waals surface area contributed by atoms with Crippen LogP contribution in [-0.4, -0.2) is 46.0 Å². The molecular formula is C17H22N4O2. The predicted molar refractivity (Wildman–Crippen MR) is 86.9 cm³/mol. The van der Waals surface area contributed by atoms with E-state index in [1.165, 1.54) is 12.8 Å². The summed E-state index contributed by atoms with van der Waals surface area (Å²) < 4.78 is 6.85. The molecule has 122 valence electrons. The van der Waals surface area contributed by atoms with E-state index in [2.05, 4.69) is 10.3 Å². The molecule has 1 aromatic heterocycles. The minimum atomic E-state index is -0.0309. The van der Waals surface area contributed by atoms with Crippen molar-refractivity contribution in [1.82, 2.24) is 19.9 Å². The summed E-state index contributed by atoms with van der Waals surface area (Å²) in [6.45, 7) is 5.40. The molecule has 0 aliphatic heterocycles. The van der Waals surface area contributed by atoms with Crippen LogP contribution in [0.2, 0.25) is 0 Å². The Balaban J connectivity index is 1.83. The second-order valence-corrected chi connectivity index (χ2v) is 5.92. The zero-order valence-corrected chi connectivity index (χ0v) is 13.8. The second-order valence-electron chi connectivity index (χ2n) is 5.92. The van der Waals surface area contributed by atoms with Crippen molar-refractivity contribution in [2.24, 2.45) is 5.92 Å². The average Bonchev–Trinajstić information content (AvgIpc) is 3.32. The van der Waals surface area contributed by atoms with E-state index in [4.69, 9.17) is 4.74 Å². The SMILES string of the molecule is CCN(CC1CC1)C(=O)c1nnn(-c2ccc(OC)cc2)c1C. The Morgan fingerprint density at radius 1 is 1.35 bits per heavy atom. The number of nitrogens with zero attached hydrogens (tertiary/aromatic N) is 4. The van der Waals surface area contributed by atoms with E-state index < -0.39 is 0 Å². The fourth-order valence-corrected chi connectivity index (χ4v) is 2.61. The van der Waals surface area contributed by atoms with Crippen molar-refractivity contribution < 1.29 is 9.53 Å². The molecule has 0 saturated heterocycles. The van der Waals surface area contributed by atoms with Crippen LogP contribution in [0.15, 0.2) is 24.3 Å². The molecule has 6 nitrogen and oxygen atoms in total. The number of hydrogen-bond donors (Lipinski definition) is 0. The fraction of sp³-hybridized carbons (Fsp3) is 0.471. The lowest BCUT2D eigenvalue weighted by Crippen LogP contribution is -2.33. The number of ether oxygens (including phenoxy) is 1. The number of carbonyl (C=O) groups excluding carboxylic acids is 1. The number of carbonyl (C=O) groups is 1. The number of amides is 1. The topological polar surface area (TPSA) is 60.2 Å². The molecule has 1 saturated carbocycles. The predicted octanol–water partition coefficient (Wildman–Crippen LogP) is 2.46. The van der Waals surface area contributed by atoms with Crippen LogP contribution in [0.1, 0.15) is 35.9 Å². The summed E-state index contributed by atoms with van der Waals surface area (Å²) in [4.78, 5) is 14.6. The van der Waals surface area contributed by atoms with Crippen LogP contribution in [0.3, 0.4) is 0 Å². The first kappa shape index (κ1) is 15.5. The van der Waals surface area contributed by atoms with Crippen molar-refractivity contribution in [1.29, 1.82) is 0 Å². The van der Waals surface area contributed by atoms with Crippen LogP contribution < -0.4 is 4.74 Å². The quantitative estimate of drug-likeness (QED) is 0.822. The van der Waals surface area contributed by atoms with Gasteiger partial charge in [0, 0.05) is 13.1 Å². The molecule has 1 aliphatic rings. The molecule has 0 N–H and O–H groups in total. The van der Waals surface area contributed by atoms with Gasteiger partial charge in [-0.15, -0.1) is 5.10 Å². The number of hydrogen-bond acceptors (Lipinski definition) is 4. The van der Waals surface area contributed by atoms with Gasteiger partial charge in [0.2, 0.25) is 0 Å². The zero-order chi connectivity index (χ0) is 16.4. The highest BCUT2D eigenvalue weighted by molar-refractivity contribution is 5.93. The minimum Gasteiger partial charge on any atom is -0.497 e. The van der Waals surface area contributed by atoms with Gasteiger partial charge in [-0.1, -0.05) is 5.21 Å². The van der Waals surface area contributed by atoms with Gasteiger partial charge in [-0.3, -0.25) is 4.79 Å². The summed E-state index contributed by atoms with van der Waals surface area (Å²) in [6, 6.07) is 7.53. The van der Waals surface area contributed by atoms with Crippen LogP contribution in [0.25, 0.3) is 5.69 Å². The van der Waals surface area contributed by atoms with Crippen molar-refractivity contribution in [3.05, 3.63) is 35.7 Å². The Hall–Kier alpha value is -2.37. The molecule has 0 unspecified atom stereocenters. The van der Waals surface area contributed by atoms with Gasteiger partial charge in [0.1, 0.15) is 5.75 Å². The molecule has 1 aliphatic carbocycles. The smallest absolute Gasteiger partial charge is 0.276 e. The van der Waals surface area contributed by atoms with Crippen molar-refractivity contribution in [3.8, 4) is 11.4 Å². The maximum absolute atomic E-state index is 12.7. The van der Waals surface area contributed by atoms with E-state index >= 15 is 0 Å². The van der Waals surface area contributed by atoms with Gasteiger partial charge in [0.15, 0.2) is 5.69 Å². The Labute approximate surface area is 136 Å². The van der Waals surface area contributed by atoms with Gasteiger partial charge in [-0.25, -0.2) is 4.68 Å². The molecule has 0 bridgehead atoms. The maximum Gasteiger partial charge on any atom is 0.276 e. The summed E-state index contributed by atoms with van der Waals surface area (Å²) in [6.07, 6.45) is 2.45. The van der Waals surface area contributed by atoms with Crippen LogP contribution in [0.4, 0.5) is 0 Å². The zero-order valence-electron chi connectivity index (χ0n) is 13.8. The lowest BCUT2D eigenvalue weighted by molar-refractivity contribution is 0.0750. The average molecular weight is 314 g/mol. The van der Waals surface area contributed by atoms with Crippen molar-refractivity contribution >= 4 is 5.91 Å². The summed E-state index contributed by atoms with van der Waals surface area (Å²) in [5.74, 6) is 1.41. The van der Waals surface area contributed by atoms with Gasteiger partial charge in [0.25, 0.3) is 5.91 Å². The molecule has 1 aromatic carbocycles. The van der Waals surface area contributed by atoms with Gasteiger partial charge in [-0.2, -0.15) is 0 Å². The van der Waals surface area contributed by atoms with Gasteiger partial charge in [-0.05, 0) is 56.9 Å². The van der Waals surface area contributed by atoms with Crippen LogP contribution in [0.5, 0.6) is 5.75 Å². The number of rotatable bonds is 6. The molecule has 23 heavy (non-hydrogen) atoms.